The van der Waals surface area contributed by atoms with Crippen LogP contribution in [0.2, 0.25) is 1.41 Å². The van der Waals surface area contributed by atoms with E-state index in [0.29, 0.717) is 6.54 Å². The maximum Gasteiger partial charge on any atom is 0.135 e. The van der Waals surface area contributed by atoms with E-state index >= 15 is 0 Å². The topological polar surface area (TPSA) is 21.3 Å². The Labute approximate surface area is 244 Å². The largest absolute Gasteiger partial charge is 0.482 e. The monoisotopic (exact) mass is 467 g/mol. The molecule has 2 nitrogen and oxygen atoms in total. The van der Waals surface area contributed by atoms with Gasteiger partial charge in [-0.25, -0.2) is 0 Å². The third-order valence-corrected chi connectivity index (χ3v) is 6.04. The van der Waals surface area contributed by atoms with Crippen molar-refractivity contribution in [2.45, 2.75) is 60.5 Å². The van der Waals surface area contributed by atoms with Crippen LogP contribution in [0.1, 0.15) is 134 Å². The molecule has 2 atom stereocenters. The Bertz CT molecular complexity index is 867. The summed E-state index contributed by atoms with van der Waals surface area (Å²) in [6.07, 6.45) is 0.943. The summed E-state index contributed by atoms with van der Waals surface area (Å²) in [5, 5.41) is 1.50. The van der Waals surface area contributed by atoms with Gasteiger partial charge in [-0.15, -0.1) is 0 Å². The molecule has 0 spiro atoms. The van der Waals surface area contributed by atoms with Crippen molar-refractivity contribution in [2.75, 3.05) is 13.6 Å². The molecule has 0 bridgehead atoms. The molecule has 0 heterocycles. The van der Waals surface area contributed by atoms with E-state index in [1.165, 1.54) is 38.7 Å². The van der Waals surface area contributed by atoms with Gasteiger partial charge in [-0.3, -0.25) is 0 Å². The molecule has 0 aliphatic carbocycles. The van der Waals surface area contributed by atoms with Crippen molar-refractivity contribution < 1.29 is 86.0 Å². The highest BCUT2D eigenvalue weighted by Crippen LogP contribution is 2.39. The first kappa shape index (κ1) is 19.0. The molecule has 26 heavy (non-hydrogen) atoms. The van der Waals surface area contributed by atoms with Gasteiger partial charge in [-0.05, 0) is 87.5 Å². The molecule has 2 heteroatoms. The Hall–Kier alpha value is -1.80. The number of aryl methyl sites for hydroxylation is 2. The summed E-state index contributed by atoms with van der Waals surface area (Å²) >= 11 is 0. The molecular weight excluding hydrogens is 318 g/mol. The minimum absolute atomic E-state index is 0. The fourth-order valence-electron chi connectivity index (χ4n) is 3.77. The third kappa shape index (κ3) is 3.81. The van der Waals surface area contributed by atoms with E-state index in [0.717, 1.165) is 12.2 Å². The van der Waals surface area contributed by atoms with Gasteiger partial charge < -0.3 is 10.0 Å². The highest BCUT2D eigenvalue weighted by Gasteiger charge is 2.37. The van der Waals surface area contributed by atoms with Crippen LogP contribution in [0, 0.1) is 33.6 Å². The molecule has 0 aliphatic heterocycles. The highest BCUT2D eigenvalue weighted by atomic mass is 16.5. The zero-order chi connectivity index (χ0) is 20.4. The van der Waals surface area contributed by atoms with E-state index in [9.17, 15) is 0 Å². The highest BCUT2D eigenvalue weighted by molar-refractivity contribution is 5.46. The average molecular weight is 467 g/mol. The van der Waals surface area contributed by atoms with Gasteiger partial charge in [0.2, 0.25) is 0 Å². The van der Waals surface area contributed by atoms with Gasteiger partial charge in [-0.2, -0.15) is 0 Å². The van der Waals surface area contributed by atoms with Crippen molar-refractivity contribution in [3.8, 4) is 5.75 Å². The Balaban J connectivity index is -0.00000000264. The minimum atomic E-state index is -0.517. The summed E-state index contributed by atoms with van der Waals surface area (Å²) in [7, 11) is 1.80. The Morgan fingerprint density at radius 1 is 1.12 bits per heavy atom. The summed E-state index contributed by atoms with van der Waals surface area (Å²) < 4.78 is 14.8. The van der Waals surface area contributed by atoms with Crippen LogP contribution in [0.5, 0.6) is 5.75 Å². The van der Waals surface area contributed by atoms with E-state index in [1.807, 2.05) is 0 Å². The second-order valence-electron chi connectivity index (χ2n) is 7.69. The van der Waals surface area contributed by atoms with Crippen molar-refractivity contribution in [3.63, 3.8) is 0 Å². The van der Waals surface area contributed by atoms with E-state index in [1.54, 1.807) is 7.05 Å². The molecule has 2 aromatic carbocycles. The normalized spacial score (nSPS) is 15.5. The second kappa shape index (κ2) is 8.26. The van der Waals surface area contributed by atoms with Crippen LogP contribution in [-0.4, -0.2) is 13.6 Å². The predicted molar refractivity (Wildman–Crippen MR) is 231 cm³/mol. The molecule has 0 fully saturated rings. The molecule has 1 N–H and O–H groups in total. The molecule has 0 radical (unpaired) electrons. The van der Waals surface area contributed by atoms with Crippen LogP contribution < -0.4 is 10.0 Å². The first-order valence-electron chi connectivity index (χ1n) is 10.1. The van der Waals surface area contributed by atoms with Crippen LogP contribution >= 0.6 is 0 Å². The summed E-state index contributed by atoms with van der Waals surface area (Å²) in [4.78, 5) is 0. The van der Waals surface area contributed by atoms with Gasteiger partial charge in [0.15, 0.2) is 0 Å². The molecule has 0 aromatic heterocycles. The fourth-order valence-corrected chi connectivity index (χ4v) is 3.77. The summed E-state index contributed by atoms with van der Waals surface area (Å²) in [6.45, 7) is 15.8. The quantitative estimate of drug-likeness (QED) is 0.437. The Kier molecular flexibility index (Phi) is 6.03. The van der Waals surface area contributed by atoms with Crippen molar-refractivity contribution in [3.05, 3.63) is 63.7 Å². The Morgan fingerprint density at radius 3 is 2.38 bits per heavy atom. The lowest BCUT2D eigenvalue weighted by molar-refractivity contribution is 0.0283. The number of hydrogen-bond acceptors (Lipinski definition) is 2. The minimum Gasteiger partial charge on any atom is -0.482 e. The molecule has 0 aliphatic rings. The molecular formula is C24H147NO. The van der Waals surface area contributed by atoms with Crippen molar-refractivity contribution in [1.82, 2.24) is 5.31 Å². The smallest absolute Gasteiger partial charge is 0.135 e. The third-order valence-electron chi connectivity index (χ3n) is 6.04. The van der Waals surface area contributed by atoms with Crippen LogP contribution in [0.15, 0.2) is 30.3 Å². The number of ether oxygens (including phenoxy) is 1. The molecule has 2 rings (SSSR count). The van der Waals surface area contributed by atoms with E-state index in [4.69, 9.17) is 6.15 Å². The molecule has 1 unspecified atom stereocenters. The van der Waals surface area contributed by atoms with Crippen LogP contribution in [0.3, 0.4) is 0 Å². The predicted octanol–water partition coefficient (Wildman–Crippen LogP) is 19.4. The SMILES string of the molecule is [2H]N(C)CC(C)[C@@](C)(Oc1ccc(C)c(C)c1CC)c1cccc(C)c1C.[HH].[HH].[HH].[HH].[HH].[HH].[HH].[HH].[HH].[HH].[HH].[HH].[HH].[HH].[HH].[HH].[HH].[HH].[HH].[HH].[HH].[HH].[HH].[HH].[HH].[HH].[HH].[HH].[HH].[HH].[HH].[HH].[HH].[HH].[HH].[HH].[HH].[HH].[HH].[HH].[HH].[HH].[HH].[HH].[HH].[HH].[HH].[HH].[HH].[HH].[HH].[HH].[HH].[HH].[HH].[HH]. The van der Waals surface area contributed by atoms with Crippen LogP contribution in [0.4, 0.5) is 0 Å². The van der Waals surface area contributed by atoms with E-state index in [-0.39, 0.29) is 85.8 Å². The molecule has 0 saturated heterocycles. The maximum atomic E-state index is 7.94. The lowest BCUT2D eigenvalue weighted by Crippen LogP contribution is -2.42. The van der Waals surface area contributed by atoms with Gasteiger partial charge in [0.05, 0.1) is 0 Å². The van der Waals surface area contributed by atoms with Crippen molar-refractivity contribution >= 4 is 0 Å². The number of nitrogens with one attached hydrogen (secondary N) is 1. The average Bonchev–Trinajstić information content (AvgIpc) is 2.60. The lowest BCUT2D eigenvalue weighted by atomic mass is 9.80. The number of benzene rings is 2. The van der Waals surface area contributed by atoms with Gasteiger partial charge in [0, 0.05) is 92.4 Å². The molecule has 0 saturated carbocycles. The first-order chi connectivity index (χ1) is 12.6. The summed E-state index contributed by atoms with van der Waals surface area (Å²) in [5.41, 5.74) is 7.10. The molecule has 0 amide bonds. The zero-order valence-corrected chi connectivity index (χ0v) is 17.7. The number of hydrogen-bond donors (Lipinski definition) is 1. The van der Waals surface area contributed by atoms with Gasteiger partial charge in [-0.1, -0.05) is 38.1 Å². The van der Waals surface area contributed by atoms with Crippen molar-refractivity contribution in [1.29, 1.82) is 0 Å². The van der Waals surface area contributed by atoms with Crippen molar-refractivity contribution in [2.24, 2.45) is 5.92 Å². The molecule has 2 aromatic rings. The van der Waals surface area contributed by atoms with E-state index in [2.05, 4.69) is 78.8 Å². The van der Waals surface area contributed by atoms with Gasteiger partial charge >= 0.3 is 0 Å². The molecule has 254 valence electrons. The van der Waals surface area contributed by atoms with Gasteiger partial charge in [0.25, 0.3) is 0 Å². The Morgan fingerprint density at radius 2 is 1.77 bits per heavy atom. The summed E-state index contributed by atoms with van der Waals surface area (Å²) in [5.74, 6) is 1.11. The summed E-state index contributed by atoms with van der Waals surface area (Å²) in [6, 6.07) is 10.7. The standard InChI is InChI=1S/C24H35NO.56H2/c1-9-21-19(5)17(3)13-14-23(21)26-24(7,18(4)15-25-8)22-12-10-11-16(2)20(22)6;;;;;;;;;;;;;;;;;;;;;;;;;;;;;;;;;;;;;;;;;;;;;;;;;;;;;;;;/h10-14,18,25H,9,15H2,1-8H3;56*1H/t18?,24-;;;;;;;;;;;;;;;;;;;;;;;;;;;;;;;;;;;;;;;;;;;;;;;;;;;;;;;;/m1......................................................../s1/i/hD. The van der Waals surface area contributed by atoms with E-state index < -0.39 is 5.60 Å². The maximum absolute atomic E-state index is 7.94. The number of rotatable bonds is 7. The van der Waals surface area contributed by atoms with Crippen LogP contribution in [-0.2, 0) is 12.0 Å². The second-order valence-corrected chi connectivity index (χ2v) is 7.69. The lowest BCUT2D eigenvalue weighted by Gasteiger charge is -2.39. The zero-order valence-electron chi connectivity index (χ0n) is 18.7. The first-order valence-corrected chi connectivity index (χ1v) is 9.66. The van der Waals surface area contributed by atoms with Crippen LogP contribution in [0.25, 0.3) is 0 Å². The van der Waals surface area contributed by atoms with Gasteiger partial charge in [0.1, 0.15) is 12.8 Å². The fraction of sp³-hybridized carbons (Fsp3) is 0.500.